The number of hydrogen-bond donors (Lipinski definition) is 3. The van der Waals surface area contributed by atoms with Crippen molar-refractivity contribution in [1.82, 2.24) is 5.32 Å². The molecule has 4 nitrogen and oxygen atoms in total. The first-order chi connectivity index (χ1) is 8.15. The predicted octanol–water partition coefficient (Wildman–Crippen LogP) is 1.64. The molecule has 1 atom stereocenters. The second kappa shape index (κ2) is 5.19. The number of rotatable bonds is 3. The molecule has 1 aliphatic rings. The van der Waals surface area contributed by atoms with E-state index in [0.717, 1.165) is 25.1 Å². The van der Waals surface area contributed by atoms with Crippen LogP contribution in [-0.2, 0) is 4.79 Å². The van der Waals surface area contributed by atoms with Gasteiger partial charge >= 0.3 is 0 Å². The summed E-state index contributed by atoms with van der Waals surface area (Å²) >= 11 is 0. The molecule has 1 aliphatic heterocycles. The number of carbonyl (C=O) groups is 1. The van der Waals surface area contributed by atoms with E-state index in [1.165, 1.54) is 0 Å². The Morgan fingerprint density at radius 1 is 1.59 bits per heavy atom. The summed E-state index contributed by atoms with van der Waals surface area (Å²) in [6.07, 6.45) is 1.56. The van der Waals surface area contributed by atoms with Crippen molar-refractivity contribution in [3.05, 3.63) is 23.8 Å². The number of carbonyl (C=O) groups excluding carboxylic acids is 1. The van der Waals surface area contributed by atoms with Gasteiger partial charge in [0.15, 0.2) is 0 Å². The topological polar surface area (TPSA) is 61.4 Å². The van der Waals surface area contributed by atoms with E-state index >= 15 is 0 Å². The molecule has 17 heavy (non-hydrogen) atoms. The minimum absolute atomic E-state index is 0.0281. The summed E-state index contributed by atoms with van der Waals surface area (Å²) in [6.45, 7) is 3.83. The Morgan fingerprint density at radius 2 is 2.41 bits per heavy atom. The first-order valence-electron chi connectivity index (χ1n) is 5.95. The van der Waals surface area contributed by atoms with Gasteiger partial charge < -0.3 is 15.7 Å². The largest absolute Gasteiger partial charge is 0.506 e. The van der Waals surface area contributed by atoms with Crippen LogP contribution in [0.2, 0.25) is 0 Å². The first-order valence-corrected chi connectivity index (χ1v) is 5.95. The Kier molecular flexibility index (Phi) is 3.64. The van der Waals surface area contributed by atoms with E-state index in [-0.39, 0.29) is 11.7 Å². The quantitative estimate of drug-likeness (QED) is 0.697. The number of nitrogens with one attached hydrogen (secondary N) is 2. The van der Waals surface area contributed by atoms with Crippen molar-refractivity contribution in [2.45, 2.75) is 19.8 Å². The average molecular weight is 234 g/mol. The van der Waals surface area contributed by atoms with Gasteiger partial charge in [-0.3, -0.25) is 4.79 Å². The maximum absolute atomic E-state index is 11.8. The second-order valence-corrected chi connectivity index (χ2v) is 4.63. The number of aromatic hydroxyl groups is 1. The van der Waals surface area contributed by atoms with Gasteiger partial charge in [0.25, 0.3) is 0 Å². The third-order valence-corrected chi connectivity index (χ3v) is 3.06. The lowest BCUT2D eigenvalue weighted by Crippen LogP contribution is -2.18. The lowest BCUT2D eigenvalue weighted by atomic mass is 10.0. The van der Waals surface area contributed by atoms with Gasteiger partial charge in [-0.2, -0.15) is 0 Å². The van der Waals surface area contributed by atoms with E-state index in [1.807, 2.05) is 13.0 Å². The second-order valence-electron chi connectivity index (χ2n) is 4.63. The molecule has 2 rings (SSSR count). The van der Waals surface area contributed by atoms with Gasteiger partial charge in [-0.15, -0.1) is 0 Å². The number of aryl methyl sites for hydroxylation is 1. The van der Waals surface area contributed by atoms with Crippen molar-refractivity contribution in [2.75, 3.05) is 18.4 Å². The Labute approximate surface area is 101 Å². The summed E-state index contributed by atoms with van der Waals surface area (Å²) in [4.78, 5) is 11.8. The highest BCUT2D eigenvalue weighted by molar-refractivity contribution is 5.92. The molecule has 4 heteroatoms. The SMILES string of the molecule is Cc1ccc(O)c(NC(=O)CC2CCNC2)c1. The van der Waals surface area contributed by atoms with Crippen molar-refractivity contribution in [2.24, 2.45) is 5.92 Å². The molecule has 1 unspecified atom stereocenters. The Morgan fingerprint density at radius 3 is 3.12 bits per heavy atom. The summed E-state index contributed by atoms with van der Waals surface area (Å²) in [6, 6.07) is 5.19. The molecule has 1 heterocycles. The van der Waals surface area contributed by atoms with E-state index in [2.05, 4.69) is 10.6 Å². The van der Waals surface area contributed by atoms with Crippen LogP contribution in [0, 0.1) is 12.8 Å². The maximum Gasteiger partial charge on any atom is 0.224 e. The maximum atomic E-state index is 11.8. The van der Waals surface area contributed by atoms with Crippen molar-refractivity contribution in [3.63, 3.8) is 0 Å². The molecule has 0 bridgehead atoms. The monoisotopic (exact) mass is 234 g/mol. The zero-order valence-corrected chi connectivity index (χ0v) is 9.99. The minimum atomic E-state index is -0.0281. The summed E-state index contributed by atoms with van der Waals surface area (Å²) in [5.41, 5.74) is 1.52. The fourth-order valence-electron chi connectivity index (χ4n) is 2.10. The highest BCUT2D eigenvalue weighted by Crippen LogP contribution is 2.24. The molecule has 1 amide bonds. The van der Waals surface area contributed by atoms with E-state index in [1.54, 1.807) is 12.1 Å². The number of phenolic OH excluding ortho intramolecular Hbond substituents is 1. The molecular weight excluding hydrogens is 216 g/mol. The van der Waals surface area contributed by atoms with Gasteiger partial charge in [-0.25, -0.2) is 0 Å². The molecule has 0 radical (unpaired) electrons. The fraction of sp³-hybridized carbons (Fsp3) is 0.462. The van der Waals surface area contributed by atoms with Crippen LogP contribution in [0.15, 0.2) is 18.2 Å². The van der Waals surface area contributed by atoms with Gasteiger partial charge in [0.1, 0.15) is 5.75 Å². The number of hydrogen-bond acceptors (Lipinski definition) is 3. The molecule has 3 N–H and O–H groups in total. The highest BCUT2D eigenvalue weighted by Gasteiger charge is 2.18. The standard InChI is InChI=1S/C13H18N2O2/c1-9-2-3-12(16)11(6-9)15-13(17)7-10-4-5-14-8-10/h2-3,6,10,14,16H,4-5,7-8H2,1H3,(H,15,17). The van der Waals surface area contributed by atoms with Crippen LogP contribution in [0.3, 0.4) is 0 Å². The van der Waals surface area contributed by atoms with E-state index in [4.69, 9.17) is 0 Å². The van der Waals surface area contributed by atoms with Gasteiger partial charge in [0.05, 0.1) is 5.69 Å². The Hall–Kier alpha value is -1.55. The molecular formula is C13H18N2O2. The van der Waals surface area contributed by atoms with Crippen molar-refractivity contribution in [3.8, 4) is 5.75 Å². The van der Waals surface area contributed by atoms with Gasteiger partial charge in [-0.05, 0) is 50.0 Å². The number of amides is 1. The van der Waals surface area contributed by atoms with Crippen molar-refractivity contribution < 1.29 is 9.90 Å². The van der Waals surface area contributed by atoms with Crippen LogP contribution in [-0.4, -0.2) is 24.1 Å². The van der Waals surface area contributed by atoms with Crippen LogP contribution < -0.4 is 10.6 Å². The molecule has 1 aromatic carbocycles. The van der Waals surface area contributed by atoms with Crippen LogP contribution in [0.5, 0.6) is 5.75 Å². The molecule has 92 valence electrons. The lowest BCUT2D eigenvalue weighted by molar-refractivity contribution is -0.117. The third kappa shape index (κ3) is 3.20. The zero-order valence-electron chi connectivity index (χ0n) is 9.99. The van der Waals surface area contributed by atoms with Crippen molar-refractivity contribution >= 4 is 11.6 Å². The summed E-state index contributed by atoms with van der Waals surface area (Å²) in [7, 11) is 0. The molecule has 1 fully saturated rings. The van der Waals surface area contributed by atoms with E-state index in [0.29, 0.717) is 18.0 Å². The smallest absolute Gasteiger partial charge is 0.224 e. The minimum Gasteiger partial charge on any atom is -0.506 e. The van der Waals surface area contributed by atoms with E-state index < -0.39 is 0 Å². The molecule has 0 aromatic heterocycles. The van der Waals surface area contributed by atoms with E-state index in [9.17, 15) is 9.90 Å². The van der Waals surface area contributed by atoms with Gasteiger partial charge in [0.2, 0.25) is 5.91 Å². The number of benzene rings is 1. The van der Waals surface area contributed by atoms with Crippen LogP contribution in [0.25, 0.3) is 0 Å². The summed E-state index contributed by atoms with van der Waals surface area (Å²) in [5.74, 6) is 0.509. The van der Waals surface area contributed by atoms with Gasteiger partial charge in [0, 0.05) is 6.42 Å². The number of phenols is 1. The molecule has 1 saturated heterocycles. The molecule has 0 spiro atoms. The van der Waals surface area contributed by atoms with Gasteiger partial charge in [-0.1, -0.05) is 6.07 Å². The van der Waals surface area contributed by atoms with Crippen LogP contribution in [0.1, 0.15) is 18.4 Å². The predicted molar refractivity (Wildman–Crippen MR) is 67.1 cm³/mol. The Balaban J connectivity index is 1.95. The normalized spacial score (nSPS) is 19.2. The Bertz CT molecular complexity index is 412. The number of anilines is 1. The van der Waals surface area contributed by atoms with Crippen molar-refractivity contribution in [1.29, 1.82) is 0 Å². The third-order valence-electron chi connectivity index (χ3n) is 3.06. The molecule has 0 aliphatic carbocycles. The zero-order chi connectivity index (χ0) is 12.3. The lowest BCUT2D eigenvalue weighted by Gasteiger charge is -2.10. The van der Waals surface area contributed by atoms with Crippen LogP contribution >= 0.6 is 0 Å². The average Bonchev–Trinajstić information content (AvgIpc) is 2.76. The summed E-state index contributed by atoms with van der Waals surface area (Å²) < 4.78 is 0. The fourth-order valence-corrected chi connectivity index (χ4v) is 2.10. The highest BCUT2D eigenvalue weighted by atomic mass is 16.3. The van der Waals surface area contributed by atoms with Crippen LogP contribution in [0.4, 0.5) is 5.69 Å². The first kappa shape index (κ1) is 11.9. The summed E-state index contributed by atoms with van der Waals surface area (Å²) in [5, 5.41) is 15.6. The molecule has 0 saturated carbocycles. The molecule has 1 aromatic rings.